The van der Waals surface area contributed by atoms with Crippen LogP contribution in [0.25, 0.3) is 33.5 Å². The Morgan fingerprint density at radius 2 is 1.92 bits per heavy atom. The Hall–Kier alpha value is -4.44. The van der Waals surface area contributed by atoms with E-state index in [0.29, 0.717) is 43.8 Å². The lowest BCUT2D eigenvalue weighted by atomic mass is 10.2. The number of methoxy groups -OCH3 is 1. The lowest BCUT2D eigenvalue weighted by Crippen LogP contribution is -2.26. The number of carbonyl (C=O) groups excluding carboxylic acids is 1. The smallest absolute Gasteiger partial charge is 0.347 e. The number of carbonyl (C=O) groups is 1. The van der Waals surface area contributed by atoms with Gasteiger partial charge in [-0.2, -0.15) is 9.78 Å². The third-order valence-corrected chi connectivity index (χ3v) is 6.54. The first-order valence-electron chi connectivity index (χ1n) is 12.2. The summed E-state index contributed by atoms with van der Waals surface area (Å²) in [6, 6.07) is 19.5. The van der Waals surface area contributed by atoms with Crippen molar-refractivity contribution in [2.45, 2.75) is 20.0 Å². The first-order valence-corrected chi connectivity index (χ1v) is 12.9. The highest BCUT2D eigenvalue weighted by atomic mass is 79.9. The minimum absolute atomic E-state index is 0.246. The van der Waals surface area contributed by atoms with E-state index in [2.05, 4.69) is 21.0 Å². The maximum Gasteiger partial charge on any atom is 0.347 e. The van der Waals surface area contributed by atoms with E-state index in [1.54, 1.807) is 63.4 Å². The van der Waals surface area contributed by atoms with E-state index in [0.717, 1.165) is 5.39 Å². The van der Waals surface area contributed by atoms with E-state index < -0.39 is 12.1 Å². The molecule has 198 valence electrons. The fourth-order valence-corrected chi connectivity index (χ4v) is 4.52. The van der Waals surface area contributed by atoms with Crippen molar-refractivity contribution in [1.82, 2.24) is 9.66 Å². The van der Waals surface area contributed by atoms with Crippen molar-refractivity contribution in [2.24, 2.45) is 5.10 Å². The first-order chi connectivity index (χ1) is 18.9. The Labute approximate surface area is 231 Å². The van der Waals surface area contributed by atoms with Gasteiger partial charge < -0.3 is 18.6 Å². The molecule has 0 spiro atoms. The number of ether oxygens (including phenoxy) is 3. The quantitative estimate of drug-likeness (QED) is 0.166. The molecule has 2 aromatic heterocycles. The van der Waals surface area contributed by atoms with Crippen molar-refractivity contribution in [3.8, 4) is 23.1 Å². The maximum absolute atomic E-state index is 13.5. The fraction of sp³-hybridized carbons (Fsp3) is 0.172. The molecule has 1 atom stereocenters. The van der Waals surface area contributed by atoms with E-state index in [1.165, 1.54) is 10.9 Å². The molecule has 0 saturated heterocycles. The molecular weight excluding hydrogens is 566 g/mol. The van der Waals surface area contributed by atoms with Crippen LogP contribution in [0.1, 0.15) is 19.4 Å². The predicted octanol–water partition coefficient (Wildman–Crippen LogP) is 5.79. The van der Waals surface area contributed by atoms with Crippen LogP contribution in [-0.4, -0.2) is 41.7 Å². The van der Waals surface area contributed by atoms with E-state index in [4.69, 9.17) is 23.6 Å². The monoisotopic (exact) mass is 589 g/mol. The predicted molar refractivity (Wildman–Crippen MR) is 152 cm³/mol. The lowest BCUT2D eigenvalue weighted by Gasteiger charge is -2.14. The molecule has 0 saturated carbocycles. The van der Waals surface area contributed by atoms with Gasteiger partial charge in [0.05, 0.1) is 40.7 Å². The highest BCUT2D eigenvalue weighted by molar-refractivity contribution is 9.10. The van der Waals surface area contributed by atoms with Crippen LogP contribution in [0.3, 0.4) is 0 Å². The molecule has 0 bridgehead atoms. The number of aromatic nitrogens is 2. The molecular formula is C29H24BrN3O6. The van der Waals surface area contributed by atoms with Gasteiger partial charge in [-0.3, -0.25) is 4.79 Å². The zero-order valence-corrected chi connectivity index (χ0v) is 23.0. The Bertz CT molecular complexity index is 1770. The van der Waals surface area contributed by atoms with Gasteiger partial charge in [-0.1, -0.05) is 18.2 Å². The summed E-state index contributed by atoms with van der Waals surface area (Å²) in [5.41, 5.74) is 1.45. The summed E-state index contributed by atoms with van der Waals surface area (Å²) >= 11 is 3.47. The van der Waals surface area contributed by atoms with Gasteiger partial charge in [0.1, 0.15) is 17.1 Å². The number of para-hydroxylation sites is 1. The summed E-state index contributed by atoms with van der Waals surface area (Å²) in [6.45, 7) is 3.63. The van der Waals surface area contributed by atoms with E-state index >= 15 is 0 Å². The van der Waals surface area contributed by atoms with Crippen molar-refractivity contribution >= 4 is 50.0 Å². The van der Waals surface area contributed by atoms with Gasteiger partial charge in [-0.15, -0.1) is 0 Å². The summed E-state index contributed by atoms with van der Waals surface area (Å²) < 4.78 is 24.1. The standard InChI is InChI=1S/C29H24BrN3O6/c1-4-37-29(35)17(2)38-25-13-12-18(14-21(25)30)16-31-33-27(32-22-9-6-5-8-19(22)28(33)34)26-15-20-23(36-3)10-7-11-24(20)39-26/h5-17H,4H2,1-3H3/t17-/m0/s1. The van der Waals surface area contributed by atoms with Crippen LogP contribution in [-0.2, 0) is 9.53 Å². The van der Waals surface area contributed by atoms with Gasteiger partial charge in [-0.25, -0.2) is 9.78 Å². The fourth-order valence-electron chi connectivity index (χ4n) is 4.03. The van der Waals surface area contributed by atoms with Crippen LogP contribution >= 0.6 is 15.9 Å². The molecule has 0 aliphatic heterocycles. The molecule has 0 aliphatic rings. The highest BCUT2D eigenvalue weighted by Crippen LogP contribution is 2.33. The largest absolute Gasteiger partial charge is 0.496 e. The van der Waals surface area contributed by atoms with Gasteiger partial charge in [-0.05, 0) is 83.9 Å². The number of benzene rings is 3. The minimum Gasteiger partial charge on any atom is -0.496 e. The second kappa shape index (κ2) is 11.1. The number of rotatable bonds is 8. The number of hydrogen-bond donors (Lipinski definition) is 0. The van der Waals surface area contributed by atoms with Gasteiger partial charge >= 0.3 is 5.97 Å². The van der Waals surface area contributed by atoms with Crippen LogP contribution in [0.4, 0.5) is 0 Å². The maximum atomic E-state index is 13.5. The van der Waals surface area contributed by atoms with Gasteiger partial charge in [0.25, 0.3) is 5.56 Å². The molecule has 0 radical (unpaired) electrons. The topological polar surface area (TPSA) is 105 Å². The summed E-state index contributed by atoms with van der Waals surface area (Å²) in [5.74, 6) is 1.27. The Morgan fingerprint density at radius 3 is 2.69 bits per heavy atom. The summed E-state index contributed by atoms with van der Waals surface area (Å²) in [6.07, 6.45) is 0.765. The number of furan rings is 1. The normalized spacial score (nSPS) is 12.2. The molecule has 0 N–H and O–H groups in total. The average molecular weight is 590 g/mol. The second-order valence-electron chi connectivity index (χ2n) is 8.50. The van der Waals surface area contributed by atoms with Crippen molar-refractivity contribution < 1.29 is 23.4 Å². The van der Waals surface area contributed by atoms with Crippen LogP contribution in [0, 0.1) is 0 Å². The average Bonchev–Trinajstić information content (AvgIpc) is 3.38. The molecule has 0 fully saturated rings. The Morgan fingerprint density at radius 1 is 1.10 bits per heavy atom. The summed E-state index contributed by atoms with van der Waals surface area (Å²) in [4.78, 5) is 30.1. The van der Waals surface area contributed by atoms with E-state index in [9.17, 15) is 9.59 Å². The van der Waals surface area contributed by atoms with Crippen LogP contribution in [0.2, 0.25) is 0 Å². The minimum atomic E-state index is -0.770. The number of esters is 1. The number of hydrogen-bond acceptors (Lipinski definition) is 8. The zero-order chi connectivity index (χ0) is 27.5. The molecule has 5 rings (SSSR count). The second-order valence-corrected chi connectivity index (χ2v) is 9.35. The van der Waals surface area contributed by atoms with Crippen LogP contribution < -0.4 is 15.0 Å². The Balaban J connectivity index is 1.55. The van der Waals surface area contributed by atoms with E-state index in [-0.39, 0.29) is 18.0 Å². The zero-order valence-electron chi connectivity index (χ0n) is 21.4. The first kappa shape index (κ1) is 26.2. The molecule has 39 heavy (non-hydrogen) atoms. The molecule has 0 aliphatic carbocycles. The molecule has 3 aromatic carbocycles. The van der Waals surface area contributed by atoms with Gasteiger partial charge in [0.15, 0.2) is 11.9 Å². The number of nitrogens with zero attached hydrogens (tertiary/aromatic N) is 3. The van der Waals surface area contributed by atoms with E-state index in [1.807, 2.05) is 24.3 Å². The SMILES string of the molecule is CCOC(=O)[C@H](C)Oc1ccc(C=Nn2c(-c3cc4c(OC)cccc4o3)nc3ccccc3c2=O)cc1Br. The highest BCUT2D eigenvalue weighted by Gasteiger charge is 2.19. The Kier molecular flexibility index (Phi) is 7.47. The van der Waals surface area contributed by atoms with Crippen molar-refractivity contribution in [1.29, 1.82) is 0 Å². The third-order valence-electron chi connectivity index (χ3n) is 5.92. The van der Waals surface area contributed by atoms with Crippen molar-refractivity contribution in [3.05, 3.63) is 87.1 Å². The van der Waals surface area contributed by atoms with Crippen molar-refractivity contribution in [3.63, 3.8) is 0 Å². The summed E-state index contributed by atoms with van der Waals surface area (Å²) in [5, 5.41) is 5.66. The summed E-state index contributed by atoms with van der Waals surface area (Å²) in [7, 11) is 1.59. The van der Waals surface area contributed by atoms with Crippen LogP contribution in [0.15, 0.2) is 85.5 Å². The third kappa shape index (κ3) is 5.28. The molecule has 2 heterocycles. The number of fused-ring (bicyclic) bond motifs is 2. The molecule has 0 amide bonds. The van der Waals surface area contributed by atoms with Crippen LogP contribution in [0.5, 0.6) is 11.5 Å². The molecule has 0 unspecified atom stereocenters. The molecule has 5 aromatic rings. The molecule has 10 heteroatoms. The number of halogens is 1. The molecule has 9 nitrogen and oxygen atoms in total. The van der Waals surface area contributed by atoms with Gasteiger partial charge in [0.2, 0.25) is 5.82 Å². The van der Waals surface area contributed by atoms with Gasteiger partial charge in [0, 0.05) is 0 Å². The van der Waals surface area contributed by atoms with Crippen molar-refractivity contribution in [2.75, 3.05) is 13.7 Å². The lowest BCUT2D eigenvalue weighted by molar-refractivity contribution is -0.150.